The van der Waals surface area contributed by atoms with Gasteiger partial charge in [0.2, 0.25) is 0 Å². The van der Waals surface area contributed by atoms with E-state index in [2.05, 4.69) is 159 Å². The first-order valence-corrected chi connectivity index (χ1v) is 15.9. The maximum absolute atomic E-state index is 2.49. The van der Waals surface area contributed by atoms with Crippen molar-refractivity contribution in [3.63, 3.8) is 0 Å². The topological polar surface area (TPSA) is 0 Å². The van der Waals surface area contributed by atoms with Gasteiger partial charge in [-0.05, 0) is 134 Å². The first-order chi connectivity index (χ1) is 22.1. The monoisotopic (exact) mass is 570 g/mol. The highest BCUT2D eigenvalue weighted by atomic mass is 14.4. The highest BCUT2D eigenvalue weighted by molar-refractivity contribution is 6.20. The minimum Gasteiger partial charge on any atom is -0.0616 e. The van der Waals surface area contributed by atoms with E-state index < -0.39 is 0 Å². The van der Waals surface area contributed by atoms with Crippen LogP contribution in [0.3, 0.4) is 0 Å². The van der Waals surface area contributed by atoms with E-state index in [1.165, 1.54) is 98.0 Å². The first kappa shape index (κ1) is 24.9. The van der Waals surface area contributed by atoms with E-state index in [1.807, 2.05) is 0 Å². The van der Waals surface area contributed by atoms with Crippen molar-refractivity contribution in [2.24, 2.45) is 0 Å². The molecular weight excluding hydrogens is 540 g/mol. The molecule has 0 saturated carbocycles. The Kier molecular flexibility index (Phi) is 4.88. The van der Waals surface area contributed by atoms with Crippen molar-refractivity contribution >= 4 is 64.6 Å². The Balaban J connectivity index is 1.23. The number of fused-ring (bicyclic) bond motifs is 6. The highest BCUT2D eigenvalue weighted by Gasteiger charge is 2.35. The van der Waals surface area contributed by atoms with Gasteiger partial charge < -0.3 is 0 Å². The lowest BCUT2D eigenvalue weighted by molar-refractivity contribution is 0.663. The van der Waals surface area contributed by atoms with Gasteiger partial charge in [0.05, 0.1) is 0 Å². The van der Waals surface area contributed by atoms with Crippen LogP contribution < -0.4 is 0 Å². The van der Waals surface area contributed by atoms with Gasteiger partial charge in [-0.3, -0.25) is 0 Å². The molecule has 45 heavy (non-hydrogen) atoms. The van der Waals surface area contributed by atoms with Gasteiger partial charge >= 0.3 is 0 Å². The second-order valence-corrected chi connectivity index (χ2v) is 13.3. The second-order valence-electron chi connectivity index (χ2n) is 13.3. The van der Waals surface area contributed by atoms with E-state index in [1.54, 1.807) is 0 Å². The molecule has 0 fully saturated rings. The number of benzene rings is 9. The van der Waals surface area contributed by atoms with Gasteiger partial charge in [0.1, 0.15) is 0 Å². The Morgan fingerprint density at radius 3 is 1.16 bits per heavy atom. The molecule has 0 radical (unpaired) electrons. The highest BCUT2D eigenvalue weighted by Crippen LogP contribution is 2.52. The van der Waals surface area contributed by atoms with Crippen LogP contribution in [0, 0.1) is 0 Å². The molecule has 0 bridgehead atoms. The summed E-state index contributed by atoms with van der Waals surface area (Å²) < 4.78 is 0. The quantitative estimate of drug-likeness (QED) is 0.181. The molecule has 0 atom stereocenters. The lowest BCUT2D eigenvalue weighted by atomic mass is 9.79. The summed E-state index contributed by atoms with van der Waals surface area (Å²) in [7, 11) is 0. The van der Waals surface area contributed by atoms with Crippen LogP contribution in [0.15, 0.2) is 146 Å². The van der Waals surface area contributed by atoms with Crippen LogP contribution in [0.1, 0.15) is 25.0 Å². The number of hydrogen-bond donors (Lipinski definition) is 0. The van der Waals surface area contributed by atoms with E-state index in [0.717, 1.165) is 0 Å². The van der Waals surface area contributed by atoms with Crippen molar-refractivity contribution in [1.29, 1.82) is 0 Å². The minimum absolute atomic E-state index is 0.133. The molecule has 9 aromatic rings. The molecule has 0 amide bonds. The van der Waals surface area contributed by atoms with Crippen LogP contribution in [0.5, 0.6) is 0 Å². The summed E-state index contributed by atoms with van der Waals surface area (Å²) in [4.78, 5) is 0. The molecule has 0 heteroatoms. The summed E-state index contributed by atoms with van der Waals surface area (Å²) in [5.74, 6) is 0. The Labute approximate surface area is 262 Å². The lowest BCUT2D eigenvalue weighted by Gasteiger charge is -2.24. The average molecular weight is 571 g/mol. The smallest absolute Gasteiger partial charge is 0.0159 e. The molecule has 0 saturated heterocycles. The standard InChI is InChI=1S/C45H30/c1-45(2)41-25-31(39-23-27-11-3-5-13-33(27)35-15-7-9-17-37(35)39)21-29-19-20-30-22-32(26-42(45)44(30)43(29)41)40-24-28-12-4-6-14-34(28)36-16-8-10-18-38(36)40/h3-26H,1-2H3. The van der Waals surface area contributed by atoms with Crippen molar-refractivity contribution in [2.45, 2.75) is 19.3 Å². The molecule has 10 rings (SSSR count). The fourth-order valence-electron chi connectivity index (χ4n) is 8.36. The summed E-state index contributed by atoms with van der Waals surface area (Å²) in [6, 6.07) is 54.6. The van der Waals surface area contributed by atoms with Crippen molar-refractivity contribution < 1.29 is 0 Å². The predicted molar refractivity (Wildman–Crippen MR) is 194 cm³/mol. The molecular formula is C45H30. The van der Waals surface area contributed by atoms with Crippen LogP contribution in [0.25, 0.3) is 86.9 Å². The number of rotatable bonds is 2. The minimum atomic E-state index is -0.133. The molecule has 0 spiro atoms. The zero-order valence-electron chi connectivity index (χ0n) is 25.4. The van der Waals surface area contributed by atoms with Crippen LogP contribution in [-0.2, 0) is 5.41 Å². The van der Waals surface area contributed by atoms with Gasteiger partial charge in [0, 0.05) is 5.41 Å². The SMILES string of the molecule is CC1(C)c2cc(-c3cc4ccccc4c4ccccc34)cc3ccc4cc(-c5cc6ccccc6c6ccccc56)cc1c4c23. The summed E-state index contributed by atoms with van der Waals surface area (Å²) in [6.45, 7) is 4.84. The molecule has 1 aliphatic rings. The van der Waals surface area contributed by atoms with E-state index in [4.69, 9.17) is 0 Å². The Bertz CT molecular complexity index is 2540. The number of hydrogen-bond acceptors (Lipinski definition) is 0. The van der Waals surface area contributed by atoms with Crippen molar-refractivity contribution in [2.75, 3.05) is 0 Å². The van der Waals surface area contributed by atoms with Crippen LogP contribution >= 0.6 is 0 Å². The van der Waals surface area contributed by atoms with Crippen LogP contribution in [0.4, 0.5) is 0 Å². The third-order valence-electron chi connectivity index (χ3n) is 10.5. The van der Waals surface area contributed by atoms with E-state index in [9.17, 15) is 0 Å². The summed E-state index contributed by atoms with van der Waals surface area (Å²) in [5, 5.41) is 15.9. The first-order valence-electron chi connectivity index (χ1n) is 15.9. The third kappa shape index (κ3) is 3.37. The van der Waals surface area contributed by atoms with Crippen LogP contribution in [0.2, 0.25) is 0 Å². The maximum Gasteiger partial charge on any atom is 0.0159 e. The van der Waals surface area contributed by atoms with Crippen LogP contribution in [-0.4, -0.2) is 0 Å². The molecule has 0 aliphatic heterocycles. The summed E-state index contributed by atoms with van der Waals surface area (Å²) in [6.07, 6.45) is 0. The molecule has 0 N–H and O–H groups in total. The average Bonchev–Trinajstić information content (AvgIpc) is 3.32. The molecule has 0 heterocycles. The molecule has 210 valence electrons. The van der Waals surface area contributed by atoms with Gasteiger partial charge in [0.25, 0.3) is 0 Å². The zero-order chi connectivity index (χ0) is 29.9. The van der Waals surface area contributed by atoms with E-state index in [0.29, 0.717) is 0 Å². The van der Waals surface area contributed by atoms with Gasteiger partial charge in [-0.15, -0.1) is 0 Å². The fraction of sp³-hybridized carbons (Fsp3) is 0.0667. The predicted octanol–water partition coefficient (Wildman–Crippen LogP) is 12.6. The molecule has 0 nitrogen and oxygen atoms in total. The second kappa shape index (κ2) is 8.80. The Morgan fingerprint density at radius 2 is 0.711 bits per heavy atom. The Morgan fingerprint density at radius 1 is 0.333 bits per heavy atom. The van der Waals surface area contributed by atoms with Gasteiger partial charge in [0.15, 0.2) is 0 Å². The zero-order valence-corrected chi connectivity index (χ0v) is 25.4. The van der Waals surface area contributed by atoms with Crippen molar-refractivity contribution in [3.05, 3.63) is 157 Å². The van der Waals surface area contributed by atoms with E-state index in [-0.39, 0.29) is 5.41 Å². The van der Waals surface area contributed by atoms with Crippen molar-refractivity contribution in [3.8, 4) is 22.3 Å². The third-order valence-corrected chi connectivity index (χ3v) is 10.5. The largest absolute Gasteiger partial charge is 0.0616 e. The van der Waals surface area contributed by atoms with E-state index >= 15 is 0 Å². The van der Waals surface area contributed by atoms with Crippen molar-refractivity contribution in [1.82, 2.24) is 0 Å². The Hall–Kier alpha value is -5.46. The van der Waals surface area contributed by atoms with Gasteiger partial charge in [-0.2, -0.15) is 0 Å². The maximum atomic E-state index is 2.49. The lowest BCUT2D eigenvalue weighted by Crippen LogP contribution is -2.15. The van der Waals surface area contributed by atoms with Gasteiger partial charge in [-0.25, -0.2) is 0 Å². The molecule has 9 aromatic carbocycles. The molecule has 0 aromatic heterocycles. The summed E-state index contributed by atoms with van der Waals surface area (Å²) in [5.41, 5.74) is 7.91. The fourth-order valence-corrected chi connectivity index (χ4v) is 8.36. The molecule has 0 unspecified atom stereocenters. The molecule has 1 aliphatic carbocycles. The van der Waals surface area contributed by atoms with Gasteiger partial charge in [-0.1, -0.05) is 123 Å². The normalized spacial score (nSPS) is 13.7. The summed E-state index contributed by atoms with van der Waals surface area (Å²) >= 11 is 0.